The van der Waals surface area contributed by atoms with Gasteiger partial charge in [-0.15, -0.1) is 0 Å². The van der Waals surface area contributed by atoms with Gasteiger partial charge in [-0.25, -0.2) is 0 Å². The van der Waals surface area contributed by atoms with E-state index in [1.807, 2.05) is 13.0 Å². The number of hydrogen-bond acceptors (Lipinski definition) is 2. The minimum Gasteiger partial charge on any atom is -0.361 e. The Hall–Kier alpha value is -0.790. The molecule has 1 rings (SSSR count). The van der Waals surface area contributed by atoms with Crippen molar-refractivity contribution < 1.29 is 4.52 Å². The summed E-state index contributed by atoms with van der Waals surface area (Å²) in [6, 6.07) is 2.03. The molecule has 12 heavy (non-hydrogen) atoms. The molecule has 1 aromatic rings. The van der Waals surface area contributed by atoms with Crippen molar-refractivity contribution in [2.75, 3.05) is 0 Å². The minimum atomic E-state index is 0.168. The van der Waals surface area contributed by atoms with E-state index in [0.717, 1.165) is 24.3 Å². The first-order valence-electron chi connectivity index (χ1n) is 4.56. The maximum absolute atomic E-state index is 5.26. The van der Waals surface area contributed by atoms with E-state index in [1.165, 1.54) is 0 Å². The van der Waals surface area contributed by atoms with Crippen molar-refractivity contribution in [1.29, 1.82) is 0 Å². The van der Waals surface area contributed by atoms with Crippen LogP contribution in [0.25, 0.3) is 0 Å². The van der Waals surface area contributed by atoms with Crippen LogP contribution in [0, 0.1) is 6.92 Å². The molecular weight excluding hydrogens is 150 g/mol. The molecule has 0 aromatic carbocycles. The summed E-state index contributed by atoms with van der Waals surface area (Å²) in [6.45, 7) is 8.54. The Morgan fingerprint density at radius 2 is 2.00 bits per heavy atom. The Morgan fingerprint density at radius 1 is 1.42 bits per heavy atom. The molecule has 0 atom stereocenters. The van der Waals surface area contributed by atoms with E-state index in [-0.39, 0.29) is 5.41 Å². The normalized spacial score (nSPS) is 12.0. The van der Waals surface area contributed by atoms with Crippen LogP contribution in [0.1, 0.15) is 45.1 Å². The molecule has 1 aromatic heterocycles. The van der Waals surface area contributed by atoms with Crippen molar-refractivity contribution in [3.8, 4) is 0 Å². The summed E-state index contributed by atoms with van der Waals surface area (Å²) in [7, 11) is 0. The summed E-state index contributed by atoms with van der Waals surface area (Å²) in [5.41, 5.74) is 1.14. The zero-order valence-corrected chi connectivity index (χ0v) is 8.35. The predicted molar refractivity (Wildman–Crippen MR) is 49.2 cm³/mol. The first kappa shape index (κ1) is 9.30. The first-order valence-corrected chi connectivity index (χ1v) is 4.56. The highest BCUT2D eigenvalue weighted by Crippen LogP contribution is 2.30. The van der Waals surface area contributed by atoms with Crippen molar-refractivity contribution in [3.05, 3.63) is 17.5 Å². The third-order valence-corrected chi connectivity index (χ3v) is 2.78. The number of hydrogen-bond donors (Lipinski definition) is 0. The molecule has 2 heteroatoms. The Morgan fingerprint density at radius 3 is 2.33 bits per heavy atom. The Labute approximate surface area is 74.0 Å². The van der Waals surface area contributed by atoms with E-state index in [4.69, 9.17) is 4.52 Å². The van der Waals surface area contributed by atoms with Gasteiger partial charge in [0.25, 0.3) is 0 Å². The molecule has 0 unspecified atom stereocenters. The van der Waals surface area contributed by atoms with Gasteiger partial charge in [-0.2, -0.15) is 0 Å². The maximum Gasteiger partial charge on any atom is 0.142 e. The summed E-state index contributed by atoms with van der Waals surface area (Å²) in [5.74, 6) is 1.02. The van der Waals surface area contributed by atoms with Crippen molar-refractivity contribution in [2.45, 2.75) is 46.0 Å². The average Bonchev–Trinajstić information content (AvgIpc) is 2.51. The van der Waals surface area contributed by atoms with E-state index < -0.39 is 0 Å². The first-order chi connectivity index (χ1) is 5.62. The Bertz CT molecular complexity index is 248. The quantitative estimate of drug-likeness (QED) is 0.691. The van der Waals surface area contributed by atoms with E-state index >= 15 is 0 Å². The van der Waals surface area contributed by atoms with Gasteiger partial charge in [-0.05, 0) is 19.8 Å². The number of rotatable bonds is 3. The average molecular weight is 167 g/mol. The molecule has 1 heterocycles. The lowest BCUT2D eigenvalue weighted by atomic mass is 9.82. The van der Waals surface area contributed by atoms with Gasteiger partial charge in [0, 0.05) is 11.5 Å². The maximum atomic E-state index is 5.26. The van der Waals surface area contributed by atoms with Crippen LogP contribution in [0.2, 0.25) is 0 Å². The topological polar surface area (TPSA) is 26.0 Å². The molecule has 0 N–H and O–H groups in total. The highest BCUT2D eigenvalue weighted by Gasteiger charge is 2.26. The summed E-state index contributed by atoms with van der Waals surface area (Å²) >= 11 is 0. The largest absolute Gasteiger partial charge is 0.361 e. The number of nitrogens with zero attached hydrogens (tertiary/aromatic N) is 1. The molecular formula is C10H17NO. The number of aryl methyl sites for hydroxylation is 1. The van der Waals surface area contributed by atoms with Gasteiger partial charge >= 0.3 is 0 Å². The molecule has 68 valence electrons. The highest BCUT2D eigenvalue weighted by molar-refractivity contribution is 5.13. The molecule has 0 radical (unpaired) electrons. The van der Waals surface area contributed by atoms with Gasteiger partial charge < -0.3 is 4.52 Å². The molecule has 0 fully saturated rings. The van der Waals surface area contributed by atoms with Crippen LogP contribution >= 0.6 is 0 Å². The Kier molecular flexibility index (Phi) is 2.55. The molecule has 0 amide bonds. The van der Waals surface area contributed by atoms with Crippen molar-refractivity contribution in [3.63, 3.8) is 0 Å². The lowest BCUT2D eigenvalue weighted by Crippen LogP contribution is -2.18. The molecule has 0 aliphatic carbocycles. The van der Waals surface area contributed by atoms with Gasteiger partial charge in [-0.3, -0.25) is 0 Å². The third kappa shape index (κ3) is 1.52. The van der Waals surface area contributed by atoms with Crippen LogP contribution in [0.5, 0.6) is 0 Å². The molecule has 0 saturated heterocycles. The van der Waals surface area contributed by atoms with Gasteiger partial charge in [-0.1, -0.05) is 25.9 Å². The van der Waals surface area contributed by atoms with E-state index in [2.05, 4.69) is 25.9 Å². The van der Waals surface area contributed by atoms with Crippen LogP contribution in [0.3, 0.4) is 0 Å². The van der Waals surface area contributed by atoms with Gasteiger partial charge in [0.1, 0.15) is 5.76 Å². The lowest BCUT2D eigenvalue weighted by molar-refractivity contribution is 0.287. The molecule has 0 bridgehead atoms. The van der Waals surface area contributed by atoms with Gasteiger partial charge in [0.15, 0.2) is 0 Å². The summed E-state index contributed by atoms with van der Waals surface area (Å²) in [5, 5.41) is 3.90. The zero-order valence-electron chi connectivity index (χ0n) is 8.35. The second-order valence-electron chi connectivity index (χ2n) is 3.60. The van der Waals surface area contributed by atoms with Crippen molar-refractivity contribution in [2.24, 2.45) is 0 Å². The fraction of sp³-hybridized carbons (Fsp3) is 0.700. The second kappa shape index (κ2) is 3.30. The van der Waals surface area contributed by atoms with Gasteiger partial charge in [0.2, 0.25) is 0 Å². The lowest BCUT2D eigenvalue weighted by Gasteiger charge is -2.22. The standard InChI is InChI=1S/C10H17NO/c1-5-10(4,6-2)9-7-8(3)11-12-9/h7H,5-6H2,1-4H3. The predicted octanol–water partition coefficient (Wildman–Crippen LogP) is 3.06. The monoisotopic (exact) mass is 167 g/mol. The fourth-order valence-corrected chi connectivity index (χ4v) is 1.25. The van der Waals surface area contributed by atoms with Crippen LogP contribution in [0.4, 0.5) is 0 Å². The highest BCUT2D eigenvalue weighted by atomic mass is 16.5. The molecule has 2 nitrogen and oxygen atoms in total. The van der Waals surface area contributed by atoms with Crippen LogP contribution < -0.4 is 0 Å². The fourth-order valence-electron chi connectivity index (χ4n) is 1.25. The minimum absolute atomic E-state index is 0.168. The number of aromatic nitrogens is 1. The van der Waals surface area contributed by atoms with Crippen LogP contribution in [-0.4, -0.2) is 5.16 Å². The van der Waals surface area contributed by atoms with Crippen LogP contribution in [-0.2, 0) is 5.41 Å². The van der Waals surface area contributed by atoms with Crippen LogP contribution in [0.15, 0.2) is 10.6 Å². The second-order valence-corrected chi connectivity index (χ2v) is 3.60. The molecule has 0 aliphatic heterocycles. The zero-order chi connectivity index (χ0) is 9.19. The van der Waals surface area contributed by atoms with E-state index in [0.29, 0.717) is 0 Å². The van der Waals surface area contributed by atoms with E-state index in [9.17, 15) is 0 Å². The third-order valence-electron chi connectivity index (χ3n) is 2.78. The summed E-state index contributed by atoms with van der Waals surface area (Å²) < 4.78 is 5.26. The molecule has 0 spiro atoms. The molecule has 0 saturated carbocycles. The van der Waals surface area contributed by atoms with Crippen molar-refractivity contribution >= 4 is 0 Å². The SMILES string of the molecule is CCC(C)(CC)c1cc(C)no1. The van der Waals surface area contributed by atoms with Gasteiger partial charge in [0.05, 0.1) is 5.69 Å². The van der Waals surface area contributed by atoms with E-state index in [1.54, 1.807) is 0 Å². The molecule has 0 aliphatic rings. The van der Waals surface area contributed by atoms with Crippen molar-refractivity contribution in [1.82, 2.24) is 5.16 Å². The smallest absolute Gasteiger partial charge is 0.142 e. The Balaban J connectivity index is 2.94. The summed E-state index contributed by atoms with van der Waals surface area (Å²) in [6.07, 6.45) is 2.19. The summed E-state index contributed by atoms with van der Waals surface area (Å²) in [4.78, 5) is 0.